The average Bonchev–Trinajstić information content (AvgIpc) is 3.17. The van der Waals surface area contributed by atoms with E-state index in [1.807, 2.05) is 36.7 Å². The van der Waals surface area contributed by atoms with Gasteiger partial charge in [0.15, 0.2) is 10.1 Å². The molecule has 0 saturated carbocycles. The molecule has 0 radical (unpaired) electrons. The average molecular weight is 317 g/mol. The number of rotatable bonds is 3. The minimum atomic E-state index is 0.738. The molecule has 7 heteroatoms. The van der Waals surface area contributed by atoms with Crippen molar-refractivity contribution in [3.63, 3.8) is 0 Å². The Morgan fingerprint density at radius 3 is 3.00 bits per heavy atom. The molecule has 106 valence electrons. The maximum atomic E-state index is 5.87. The third-order valence-corrected chi connectivity index (χ3v) is 5.08. The topological polar surface area (TPSA) is 52.6 Å². The standard InChI is InChI=1S/C14H11N3O2S2/c1-18-9-4-3-8-5-12(19-11(8)6-9)10-7-17-13(15-10)21-14(16-17)20-2/h3-7H,1-2H3. The summed E-state index contributed by atoms with van der Waals surface area (Å²) in [5.41, 5.74) is 1.58. The summed E-state index contributed by atoms with van der Waals surface area (Å²) in [6.45, 7) is 0. The van der Waals surface area contributed by atoms with Gasteiger partial charge >= 0.3 is 0 Å². The lowest BCUT2D eigenvalue weighted by atomic mass is 10.2. The van der Waals surface area contributed by atoms with Crippen LogP contribution in [0.15, 0.2) is 39.2 Å². The fourth-order valence-corrected chi connectivity index (χ4v) is 3.49. The number of methoxy groups -OCH3 is 1. The van der Waals surface area contributed by atoms with Crippen molar-refractivity contribution in [3.05, 3.63) is 30.5 Å². The van der Waals surface area contributed by atoms with Gasteiger partial charge in [-0.05, 0) is 24.5 Å². The first-order valence-electron chi connectivity index (χ1n) is 6.25. The maximum absolute atomic E-state index is 5.87. The van der Waals surface area contributed by atoms with Crippen molar-refractivity contribution in [1.82, 2.24) is 14.6 Å². The van der Waals surface area contributed by atoms with Crippen molar-refractivity contribution in [1.29, 1.82) is 0 Å². The Hall–Kier alpha value is -1.99. The van der Waals surface area contributed by atoms with Crippen molar-refractivity contribution in [2.45, 2.75) is 4.34 Å². The molecule has 0 N–H and O–H groups in total. The minimum absolute atomic E-state index is 0.738. The van der Waals surface area contributed by atoms with Gasteiger partial charge in [-0.3, -0.25) is 0 Å². The Morgan fingerprint density at radius 1 is 1.33 bits per heavy atom. The fraction of sp³-hybridized carbons (Fsp3) is 0.143. The van der Waals surface area contributed by atoms with E-state index in [4.69, 9.17) is 9.15 Å². The van der Waals surface area contributed by atoms with Crippen LogP contribution in [-0.4, -0.2) is 28.0 Å². The summed E-state index contributed by atoms with van der Waals surface area (Å²) in [5.74, 6) is 1.52. The van der Waals surface area contributed by atoms with Crippen LogP contribution in [0.2, 0.25) is 0 Å². The Labute approximate surface area is 128 Å². The molecule has 21 heavy (non-hydrogen) atoms. The first-order chi connectivity index (χ1) is 10.3. The molecule has 0 fully saturated rings. The molecule has 4 rings (SSSR count). The number of hydrogen-bond acceptors (Lipinski definition) is 6. The van der Waals surface area contributed by atoms with Gasteiger partial charge in [0, 0.05) is 11.5 Å². The van der Waals surface area contributed by atoms with E-state index in [0.717, 1.165) is 37.5 Å². The van der Waals surface area contributed by atoms with Crippen molar-refractivity contribution in [2.75, 3.05) is 13.4 Å². The van der Waals surface area contributed by atoms with Crippen LogP contribution < -0.4 is 4.74 Å². The molecule has 1 aromatic carbocycles. The number of furan rings is 1. The number of thioether (sulfide) groups is 1. The molecule has 0 spiro atoms. The summed E-state index contributed by atoms with van der Waals surface area (Å²) >= 11 is 3.19. The van der Waals surface area contributed by atoms with E-state index in [1.165, 1.54) is 0 Å². The van der Waals surface area contributed by atoms with Crippen LogP contribution in [0.5, 0.6) is 5.75 Å². The largest absolute Gasteiger partial charge is 0.497 e. The van der Waals surface area contributed by atoms with Gasteiger partial charge in [-0.15, -0.1) is 5.10 Å². The van der Waals surface area contributed by atoms with Gasteiger partial charge in [-0.25, -0.2) is 9.50 Å². The molecule has 0 saturated heterocycles. The fourth-order valence-electron chi connectivity index (χ4n) is 2.15. The maximum Gasteiger partial charge on any atom is 0.213 e. The van der Waals surface area contributed by atoms with Crippen LogP contribution in [0, 0.1) is 0 Å². The lowest BCUT2D eigenvalue weighted by Gasteiger charge is -1.96. The highest BCUT2D eigenvalue weighted by molar-refractivity contribution is 8.00. The molecule has 3 aromatic heterocycles. The lowest BCUT2D eigenvalue weighted by molar-refractivity contribution is 0.414. The zero-order valence-corrected chi connectivity index (χ0v) is 13.0. The monoisotopic (exact) mass is 317 g/mol. The normalized spacial score (nSPS) is 11.5. The summed E-state index contributed by atoms with van der Waals surface area (Å²) in [6.07, 6.45) is 3.90. The molecule has 0 bridgehead atoms. The predicted molar refractivity (Wildman–Crippen MR) is 84.4 cm³/mol. The van der Waals surface area contributed by atoms with Crippen molar-refractivity contribution in [2.24, 2.45) is 0 Å². The van der Waals surface area contributed by atoms with Gasteiger partial charge in [0.1, 0.15) is 17.0 Å². The molecular formula is C14H11N3O2S2. The Morgan fingerprint density at radius 2 is 2.24 bits per heavy atom. The quantitative estimate of drug-likeness (QED) is 0.536. The first kappa shape index (κ1) is 12.7. The number of ether oxygens (including phenoxy) is 1. The second-order valence-corrected chi connectivity index (χ2v) is 6.45. The molecule has 0 aliphatic carbocycles. The summed E-state index contributed by atoms with van der Waals surface area (Å²) in [4.78, 5) is 5.44. The molecular weight excluding hydrogens is 306 g/mol. The molecule has 3 heterocycles. The zero-order valence-electron chi connectivity index (χ0n) is 11.4. The highest BCUT2D eigenvalue weighted by Gasteiger charge is 2.13. The van der Waals surface area contributed by atoms with Crippen molar-refractivity contribution >= 4 is 39.0 Å². The van der Waals surface area contributed by atoms with Gasteiger partial charge in [-0.2, -0.15) is 0 Å². The SMILES string of the molecule is COc1ccc2cc(-c3cn4nc(SC)sc4n3)oc2c1. The molecule has 0 aliphatic heterocycles. The number of benzene rings is 1. The Bertz CT molecular complexity index is 907. The number of nitrogens with zero attached hydrogens (tertiary/aromatic N) is 3. The van der Waals surface area contributed by atoms with Gasteiger partial charge in [-0.1, -0.05) is 23.1 Å². The third kappa shape index (κ3) is 2.09. The van der Waals surface area contributed by atoms with Crippen LogP contribution in [0.1, 0.15) is 0 Å². The second kappa shape index (κ2) is 4.78. The second-order valence-electron chi connectivity index (χ2n) is 4.44. The van der Waals surface area contributed by atoms with Crippen LogP contribution in [0.3, 0.4) is 0 Å². The minimum Gasteiger partial charge on any atom is -0.497 e. The van der Waals surface area contributed by atoms with Crippen LogP contribution in [0.4, 0.5) is 0 Å². The Kier molecular flexibility index (Phi) is 2.90. The van der Waals surface area contributed by atoms with Crippen molar-refractivity contribution in [3.8, 4) is 17.2 Å². The molecule has 0 amide bonds. The summed E-state index contributed by atoms with van der Waals surface area (Å²) in [6, 6.07) is 7.75. The van der Waals surface area contributed by atoms with E-state index >= 15 is 0 Å². The Balaban J connectivity index is 1.81. The molecule has 5 nitrogen and oxygen atoms in total. The van der Waals surface area contributed by atoms with Crippen LogP contribution in [-0.2, 0) is 0 Å². The van der Waals surface area contributed by atoms with Crippen LogP contribution >= 0.6 is 23.1 Å². The molecule has 0 unspecified atom stereocenters. The van der Waals surface area contributed by atoms with Crippen molar-refractivity contribution < 1.29 is 9.15 Å². The third-order valence-electron chi connectivity index (χ3n) is 3.18. The van der Waals surface area contributed by atoms with E-state index in [0.29, 0.717) is 0 Å². The number of aromatic nitrogens is 3. The summed E-state index contributed by atoms with van der Waals surface area (Å²) in [5, 5.41) is 5.46. The molecule has 0 aliphatic rings. The summed E-state index contributed by atoms with van der Waals surface area (Å²) < 4.78 is 13.9. The van der Waals surface area contributed by atoms with Gasteiger partial charge in [0.25, 0.3) is 0 Å². The first-order valence-corrected chi connectivity index (χ1v) is 8.29. The number of imidazole rings is 1. The van der Waals surface area contributed by atoms with E-state index in [-0.39, 0.29) is 0 Å². The smallest absolute Gasteiger partial charge is 0.213 e. The highest BCUT2D eigenvalue weighted by atomic mass is 32.2. The van der Waals surface area contributed by atoms with Gasteiger partial charge in [0.05, 0.1) is 13.3 Å². The summed E-state index contributed by atoms with van der Waals surface area (Å²) in [7, 11) is 1.64. The highest BCUT2D eigenvalue weighted by Crippen LogP contribution is 2.31. The van der Waals surface area contributed by atoms with Gasteiger partial charge in [0.2, 0.25) is 4.96 Å². The van der Waals surface area contributed by atoms with Gasteiger partial charge < -0.3 is 9.15 Å². The van der Waals surface area contributed by atoms with Crippen LogP contribution in [0.25, 0.3) is 27.4 Å². The molecule has 4 aromatic rings. The lowest BCUT2D eigenvalue weighted by Crippen LogP contribution is -1.79. The number of hydrogen-bond donors (Lipinski definition) is 0. The number of fused-ring (bicyclic) bond motifs is 2. The van der Waals surface area contributed by atoms with E-state index in [2.05, 4.69) is 10.1 Å². The van der Waals surface area contributed by atoms with E-state index < -0.39 is 0 Å². The van der Waals surface area contributed by atoms with E-state index in [1.54, 1.807) is 34.7 Å². The molecule has 0 atom stereocenters. The predicted octanol–water partition coefficient (Wildman–Crippen LogP) is 3.93. The zero-order chi connectivity index (χ0) is 14.4. The van der Waals surface area contributed by atoms with E-state index in [9.17, 15) is 0 Å².